The van der Waals surface area contributed by atoms with E-state index in [4.69, 9.17) is 24.4 Å². The molecule has 1 aromatic heterocycles. The van der Waals surface area contributed by atoms with Crippen molar-refractivity contribution in [2.45, 2.75) is 45.6 Å². The van der Waals surface area contributed by atoms with Crippen molar-refractivity contribution in [1.29, 1.82) is 0 Å². The molecular weight excluding hydrogens is 518 g/mol. The number of aromatic nitrogens is 1. The topological polar surface area (TPSA) is 100 Å². The quantitative estimate of drug-likeness (QED) is 0.254. The van der Waals surface area contributed by atoms with Crippen molar-refractivity contribution in [3.63, 3.8) is 0 Å². The van der Waals surface area contributed by atoms with Gasteiger partial charge in [0.25, 0.3) is 0 Å². The summed E-state index contributed by atoms with van der Waals surface area (Å²) in [5, 5.41) is 0. The normalized spacial score (nSPS) is 14.4. The summed E-state index contributed by atoms with van der Waals surface area (Å²) in [6, 6.07) is 16.0. The molecule has 0 saturated heterocycles. The first-order valence-electron chi connectivity index (χ1n) is 13.9. The largest absolute Gasteiger partial charge is 0.495 e. The summed E-state index contributed by atoms with van der Waals surface area (Å²) < 4.78 is 22.5. The number of benzene rings is 3. The van der Waals surface area contributed by atoms with Crippen LogP contribution in [0.1, 0.15) is 51.5 Å². The minimum Gasteiger partial charge on any atom is -0.495 e. The van der Waals surface area contributed by atoms with Crippen LogP contribution in [-0.2, 0) is 24.1 Å². The Kier molecular flexibility index (Phi) is 8.47. The Hall–Kier alpha value is -4.46. The van der Waals surface area contributed by atoms with Gasteiger partial charge in [-0.15, -0.1) is 0 Å². The Morgan fingerprint density at radius 1 is 1.00 bits per heavy atom. The number of rotatable bonds is 10. The maximum absolute atomic E-state index is 13.7. The van der Waals surface area contributed by atoms with Crippen molar-refractivity contribution in [2.75, 3.05) is 33.1 Å². The Bertz CT molecular complexity index is 1520. The number of anilines is 1. The van der Waals surface area contributed by atoms with E-state index >= 15 is 0 Å². The van der Waals surface area contributed by atoms with Crippen molar-refractivity contribution >= 4 is 11.6 Å². The first kappa shape index (κ1) is 28.1. The molecule has 41 heavy (non-hydrogen) atoms. The van der Waals surface area contributed by atoms with Gasteiger partial charge in [0.05, 0.1) is 38.2 Å². The zero-order chi connectivity index (χ0) is 28.9. The molecule has 4 aromatic rings. The van der Waals surface area contributed by atoms with Crippen LogP contribution in [0, 0.1) is 13.8 Å². The second-order valence-corrected chi connectivity index (χ2v) is 10.5. The lowest BCUT2D eigenvalue weighted by Gasteiger charge is -2.39. The Labute approximate surface area is 241 Å². The van der Waals surface area contributed by atoms with Gasteiger partial charge in [0.2, 0.25) is 5.91 Å². The number of aryl methyl sites for hydroxylation is 3. The maximum Gasteiger partial charge on any atom is 0.223 e. The van der Waals surface area contributed by atoms with Crippen LogP contribution in [0.3, 0.4) is 0 Å². The zero-order valence-electron chi connectivity index (χ0n) is 24.1. The number of nitrogens with zero attached hydrogens (tertiary/aromatic N) is 2. The molecule has 1 aliphatic rings. The van der Waals surface area contributed by atoms with E-state index in [0.717, 1.165) is 39.9 Å². The molecule has 2 heterocycles. The van der Waals surface area contributed by atoms with E-state index in [1.807, 2.05) is 23.1 Å². The van der Waals surface area contributed by atoms with E-state index in [-0.39, 0.29) is 11.9 Å². The van der Waals surface area contributed by atoms with Gasteiger partial charge >= 0.3 is 0 Å². The molecule has 0 fully saturated rings. The van der Waals surface area contributed by atoms with Crippen LogP contribution < -0.4 is 19.9 Å². The van der Waals surface area contributed by atoms with Crippen LogP contribution >= 0.6 is 0 Å². The molecule has 5 rings (SSSR count). The first-order chi connectivity index (χ1) is 19.9. The van der Waals surface area contributed by atoms with Gasteiger partial charge in [0.1, 0.15) is 12.0 Å². The van der Waals surface area contributed by atoms with Crippen LogP contribution in [0.15, 0.2) is 65.6 Å². The second kappa shape index (κ2) is 12.4. The number of fused-ring (bicyclic) bond motifs is 1. The summed E-state index contributed by atoms with van der Waals surface area (Å²) in [5.41, 5.74) is 14.1. The zero-order valence-corrected chi connectivity index (χ0v) is 24.1. The molecule has 2 N–H and O–H groups in total. The van der Waals surface area contributed by atoms with Crippen molar-refractivity contribution in [3.05, 3.63) is 100 Å². The fourth-order valence-electron chi connectivity index (χ4n) is 5.57. The molecule has 3 aromatic carbocycles. The summed E-state index contributed by atoms with van der Waals surface area (Å²) in [4.78, 5) is 19.9. The Morgan fingerprint density at radius 2 is 1.83 bits per heavy atom. The molecule has 1 aliphatic heterocycles. The number of carbonyl (C=O) groups excluding carboxylic acids is 1. The predicted molar refractivity (Wildman–Crippen MR) is 158 cm³/mol. The number of nitrogen functional groups attached to an aromatic ring is 1. The molecule has 0 radical (unpaired) electrons. The number of oxazole rings is 1. The molecule has 0 spiro atoms. The van der Waals surface area contributed by atoms with Crippen molar-refractivity contribution in [3.8, 4) is 17.2 Å². The monoisotopic (exact) mass is 555 g/mol. The van der Waals surface area contributed by atoms with Crippen LogP contribution in [0.2, 0.25) is 0 Å². The van der Waals surface area contributed by atoms with E-state index in [0.29, 0.717) is 55.4 Å². The predicted octanol–water partition coefficient (Wildman–Crippen LogP) is 5.62. The molecule has 8 nitrogen and oxygen atoms in total. The van der Waals surface area contributed by atoms with Gasteiger partial charge in [0, 0.05) is 25.8 Å². The number of carbonyl (C=O) groups is 1. The molecule has 1 unspecified atom stereocenters. The molecule has 0 saturated carbocycles. The summed E-state index contributed by atoms with van der Waals surface area (Å²) in [6.45, 7) is 5.25. The fraction of sp³-hybridized carbons (Fsp3) is 0.333. The summed E-state index contributed by atoms with van der Waals surface area (Å²) in [7, 11) is 3.27. The van der Waals surface area contributed by atoms with Crippen LogP contribution in [-0.4, -0.2) is 43.2 Å². The van der Waals surface area contributed by atoms with Gasteiger partial charge in [-0.2, -0.15) is 0 Å². The number of hydrogen-bond donors (Lipinski definition) is 1. The average Bonchev–Trinajstić information content (AvgIpc) is 3.50. The fourth-order valence-corrected chi connectivity index (χ4v) is 5.57. The molecule has 0 bridgehead atoms. The van der Waals surface area contributed by atoms with Crippen LogP contribution in [0.25, 0.3) is 0 Å². The summed E-state index contributed by atoms with van der Waals surface area (Å²) in [6.07, 6.45) is 5.28. The van der Waals surface area contributed by atoms with Gasteiger partial charge in [-0.1, -0.05) is 29.8 Å². The number of methoxy groups -OCH3 is 2. The van der Waals surface area contributed by atoms with Gasteiger partial charge in [-0.05, 0) is 72.4 Å². The molecule has 0 aliphatic carbocycles. The van der Waals surface area contributed by atoms with Gasteiger partial charge in [0.15, 0.2) is 17.9 Å². The number of amides is 1. The number of hydrogen-bond acceptors (Lipinski definition) is 7. The van der Waals surface area contributed by atoms with Crippen LogP contribution in [0.4, 0.5) is 5.69 Å². The standard InChI is InChI=1S/C33H37N3O5/c1-21-5-8-26(22(2)15-21)33-27-18-31(41-14-12-23-6-9-28(34)29(16-23)38-3)30(39-4)17-24(27)11-13-36(33)32(37)10-7-25-19-40-20-35-25/h5-6,8-9,15-20,33H,7,10-14,34H2,1-4H3. The van der Waals surface area contributed by atoms with Crippen molar-refractivity contribution in [2.24, 2.45) is 0 Å². The average molecular weight is 556 g/mol. The minimum atomic E-state index is -0.237. The molecule has 1 atom stereocenters. The molecule has 1 amide bonds. The molecular formula is C33H37N3O5. The highest BCUT2D eigenvalue weighted by Gasteiger charge is 2.34. The van der Waals surface area contributed by atoms with E-state index in [9.17, 15) is 4.79 Å². The lowest BCUT2D eigenvalue weighted by molar-refractivity contribution is -0.133. The van der Waals surface area contributed by atoms with Gasteiger partial charge in [-0.25, -0.2) is 4.98 Å². The maximum atomic E-state index is 13.7. The third-order valence-corrected chi connectivity index (χ3v) is 7.72. The van der Waals surface area contributed by atoms with Crippen LogP contribution in [0.5, 0.6) is 17.2 Å². The number of ether oxygens (including phenoxy) is 3. The van der Waals surface area contributed by atoms with Gasteiger partial charge in [-0.3, -0.25) is 4.79 Å². The lowest BCUT2D eigenvalue weighted by atomic mass is 9.85. The second-order valence-electron chi connectivity index (χ2n) is 10.5. The molecule has 214 valence electrons. The Balaban J connectivity index is 1.45. The Morgan fingerprint density at radius 3 is 2.56 bits per heavy atom. The van der Waals surface area contributed by atoms with Crippen molar-refractivity contribution < 1.29 is 23.4 Å². The van der Waals surface area contributed by atoms with Crippen molar-refractivity contribution in [1.82, 2.24) is 9.88 Å². The van der Waals surface area contributed by atoms with Gasteiger partial charge < -0.3 is 29.3 Å². The molecule has 8 heteroatoms. The SMILES string of the molecule is COc1cc(CCOc2cc3c(cc2OC)CCN(C(=O)CCc2cocn2)C3c2ccc(C)cc2C)ccc1N. The third-order valence-electron chi connectivity index (χ3n) is 7.72. The third kappa shape index (κ3) is 6.16. The number of nitrogens with two attached hydrogens (primary N) is 1. The summed E-state index contributed by atoms with van der Waals surface area (Å²) >= 11 is 0. The van der Waals surface area contributed by atoms with E-state index in [1.54, 1.807) is 20.5 Å². The highest BCUT2D eigenvalue weighted by molar-refractivity contribution is 5.78. The van der Waals surface area contributed by atoms with E-state index in [2.05, 4.69) is 49.2 Å². The highest BCUT2D eigenvalue weighted by atomic mass is 16.5. The van der Waals surface area contributed by atoms with E-state index < -0.39 is 0 Å². The van der Waals surface area contributed by atoms with E-state index in [1.165, 1.54) is 12.0 Å². The summed E-state index contributed by atoms with van der Waals surface area (Å²) in [5.74, 6) is 2.07. The lowest BCUT2D eigenvalue weighted by Crippen LogP contribution is -2.41. The highest BCUT2D eigenvalue weighted by Crippen LogP contribution is 2.42. The smallest absolute Gasteiger partial charge is 0.223 e. The first-order valence-corrected chi connectivity index (χ1v) is 13.9. The minimum absolute atomic E-state index is 0.0826.